The Morgan fingerprint density at radius 2 is 1.89 bits per heavy atom. The Balaban J connectivity index is 1.54. The molecule has 4 rings (SSSR count). The van der Waals surface area contributed by atoms with E-state index in [1.807, 2.05) is 67.8 Å². The summed E-state index contributed by atoms with van der Waals surface area (Å²) in [7, 11) is 3.46. The molecule has 0 saturated heterocycles. The fraction of sp³-hybridized carbons (Fsp3) is 0.143. The summed E-state index contributed by atoms with van der Waals surface area (Å²) in [5.41, 5.74) is 5.19. The molecule has 0 fully saturated rings. The third-order valence-electron chi connectivity index (χ3n) is 5.49. The number of benzene rings is 3. The Morgan fingerprint density at radius 1 is 1.11 bits per heavy atom. The van der Waals surface area contributed by atoms with Gasteiger partial charge >= 0.3 is 0 Å². The monoisotopic (exact) mass is 463 g/mol. The fourth-order valence-electron chi connectivity index (χ4n) is 3.69. The number of carbonyl (C=O) groups is 1. The number of nitrogens with one attached hydrogen (secondary N) is 1. The van der Waals surface area contributed by atoms with Crippen LogP contribution < -0.4 is 10.1 Å². The molecule has 4 aromatic rings. The van der Waals surface area contributed by atoms with E-state index in [9.17, 15) is 4.79 Å². The molecule has 0 bridgehead atoms. The molecule has 0 atom stereocenters. The molecule has 0 aliphatic carbocycles. The van der Waals surface area contributed by atoms with Crippen molar-refractivity contribution in [3.63, 3.8) is 0 Å². The van der Waals surface area contributed by atoms with E-state index in [4.69, 9.17) is 10.00 Å². The van der Waals surface area contributed by atoms with Gasteiger partial charge in [-0.2, -0.15) is 10.4 Å². The minimum atomic E-state index is -0.299. The van der Waals surface area contributed by atoms with Crippen LogP contribution in [-0.4, -0.2) is 35.1 Å². The highest BCUT2D eigenvalue weighted by Crippen LogP contribution is 2.32. The van der Waals surface area contributed by atoms with Gasteiger partial charge in [0.1, 0.15) is 11.5 Å². The Labute approximate surface area is 204 Å². The maximum absolute atomic E-state index is 13.3. The topological polar surface area (TPSA) is 92.3 Å². The first-order valence-electron chi connectivity index (χ1n) is 11.1. The van der Waals surface area contributed by atoms with Crippen LogP contribution in [-0.2, 0) is 18.3 Å². The van der Waals surface area contributed by atoms with Gasteiger partial charge in [-0.15, -0.1) is 0 Å². The maximum Gasteiger partial charge on any atom is 0.274 e. The van der Waals surface area contributed by atoms with Gasteiger partial charge in [0.25, 0.3) is 5.91 Å². The number of nitriles is 1. The van der Waals surface area contributed by atoms with Crippen molar-refractivity contribution in [3.05, 3.63) is 102 Å². The van der Waals surface area contributed by atoms with Crippen LogP contribution in [0.1, 0.15) is 16.7 Å². The molecule has 1 amide bonds. The fourth-order valence-corrected chi connectivity index (χ4v) is 3.69. The van der Waals surface area contributed by atoms with Crippen LogP contribution in [0.2, 0.25) is 0 Å². The van der Waals surface area contributed by atoms with E-state index in [1.54, 1.807) is 36.2 Å². The highest BCUT2D eigenvalue weighted by atomic mass is 16.5. The summed E-state index contributed by atoms with van der Waals surface area (Å²) in [5.74, 6) is 0.335. The van der Waals surface area contributed by atoms with Gasteiger partial charge in [0.05, 0.1) is 24.9 Å². The van der Waals surface area contributed by atoms with Crippen LogP contribution in [0.15, 0.2) is 90.2 Å². The van der Waals surface area contributed by atoms with Gasteiger partial charge in [-0.1, -0.05) is 42.5 Å². The molecule has 1 N–H and O–H groups in total. The quantitative estimate of drug-likeness (QED) is 0.385. The number of hydrogen-bond donors (Lipinski definition) is 1. The number of aliphatic imine (C=N–C) groups is 1. The predicted octanol–water partition coefficient (Wildman–Crippen LogP) is 4.64. The Hall–Kier alpha value is -4.70. The Bertz CT molecular complexity index is 1380. The molecule has 0 unspecified atom stereocenters. The van der Waals surface area contributed by atoms with Crippen LogP contribution in [0.5, 0.6) is 5.75 Å². The van der Waals surface area contributed by atoms with Crippen molar-refractivity contribution in [1.29, 1.82) is 5.26 Å². The first-order valence-corrected chi connectivity index (χ1v) is 11.1. The zero-order chi connectivity index (χ0) is 24.6. The van der Waals surface area contributed by atoms with E-state index >= 15 is 0 Å². The average molecular weight is 464 g/mol. The van der Waals surface area contributed by atoms with Crippen molar-refractivity contribution in [3.8, 4) is 22.9 Å². The van der Waals surface area contributed by atoms with Crippen molar-refractivity contribution < 1.29 is 9.53 Å². The SMILES string of the molecule is COc1cc(NC(=O)/C(=N/CCc2ccc(C#N)cc2)c2ccccc2)ccc1-c1cnn(C)c1. The molecular formula is C28H25N5O2. The predicted molar refractivity (Wildman–Crippen MR) is 137 cm³/mol. The van der Waals surface area contributed by atoms with Gasteiger partial charge in [0, 0.05) is 48.2 Å². The second kappa shape index (κ2) is 10.9. The average Bonchev–Trinajstić information content (AvgIpc) is 3.33. The van der Waals surface area contributed by atoms with Crippen molar-refractivity contribution in [2.45, 2.75) is 6.42 Å². The highest BCUT2D eigenvalue weighted by Gasteiger charge is 2.16. The second-order valence-electron chi connectivity index (χ2n) is 7.93. The summed E-state index contributed by atoms with van der Waals surface area (Å²) in [5, 5.41) is 16.1. The molecule has 0 spiro atoms. The lowest BCUT2D eigenvalue weighted by Crippen LogP contribution is -2.24. The molecule has 0 radical (unpaired) electrons. The van der Waals surface area contributed by atoms with E-state index < -0.39 is 0 Å². The van der Waals surface area contributed by atoms with E-state index in [0.717, 1.165) is 22.3 Å². The van der Waals surface area contributed by atoms with E-state index in [0.29, 0.717) is 35.7 Å². The normalized spacial score (nSPS) is 11.1. The summed E-state index contributed by atoms with van der Waals surface area (Å²) in [6.07, 6.45) is 4.33. The summed E-state index contributed by atoms with van der Waals surface area (Å²) in [6, 6.07) is 24.4. The Kier molecular flexibility index (Phi) is 7.34. The molecule has 7 heteroatoms. The lowest BCUT2D eigenvalue weighted by atomic mass is 10.1. The number of aryl methyl sites for hydroxylation is 1. The van der Waals surface area contributed by atoms with Gasteiger partial charge in [-0.3, -0.25) is 14.5 Å². The van der Waals surface area contributed by atoms with Crippen LogP contribution >= 0.6 is 0 Å². The third kappa shape index (κ3) is 5.81. The first kappa shape index (κ1) is 23.5. The third-order valence-corrected chi connectivity index (χ3v) is 5.49. The summed E-state index contributed by atoms with van der Waals surface area (Å²) in [4.78, 5) is 17.9. The number of rotatable bonds is 8. The molecule has 0 aliphatic rings. The number of hydrogen-bond acceptors (Lipinski definition) is 5. The number of methoxy groups -OCH3 is 1. The zero-order valence-electron chi connectivity index (χ0n) is 19.6. The van der Waals surface area contributed by atoms with Gasteiger partial charge in [0.2, 0.25) is 0 Å². The van der Waals surface area contributed by atoms with Crippen molar-refractivity contribution in [2.24, 2.45) is 12.0 Å². The lowest BCUT2D eigenvalue weighted by Gasteiger charge is -2.12. The first-order chi connectivity index (χ1) is 17.1. The molecule has 0 aliphatic heterocycles. The number of ether oxygens (including phenoxy) is 1. The van der Waals surface area contributed by atoms with Crippen molar-refractivity contribution in [1.82, 2.24) is 9.78 Å². The van der Waals surface area contributed by atoms with Gasteiger partial charge in [0.15, 0.2) is 0 Å². The number of amides is 1. The molecule has 1 aromatic heterocycles. The summed E-state index contributed by atoms with van der Waals surface area (Å²) < 4.78 is 7.30. The largest absolute Gasteiger partial charge is 0.496 e. The number of carbonyl (C=O) groups excluding carboxylic acids is 1. The smallest absolute Gasteiger partial charge is 0.274 e. The van der Waals surface area contributed by atoms with Gasteiger partial charge in [-0.25, -0.2) is 0 Å². The maximum atomic E-state index is 13.3. The Morgan fingerprint density at radius 3 is 2.54 bits per heavy atom. The number of nitrogens with zero attached hydrogens (tertiary/aromatic N) is 4. The standard InChI is InChI=1S/C28H25N5O2/c1-33-19-23(18-31-33)25-13-12-24(16-26(25)35-2)32-28(34)27(22-6-4-3-5-7-22)30-15-14-20-8-10-21(17-29)11-9-20/h3-13,16,18-19H,14-15H2,1-2H3,(H,32,34)/b30-27+. The molecule has 0 saturated carbocycles. The molecule has 3 aromatic carbocycles. The summed E-state index contributed by atoms with van der Waals surface area (Å²) >= 11 is 0. The van der Waals surface area contributed by atoms with Crippen molar-refractivity contribution in [2.75, 3.05) is 19.0 Å². The minimum absolute atomic E-state index is 0.299. The van der Waals surface area contributed by atoms with Crippen LogP contribution in [0.25, 0.3) is 11.1 Å². The number of aromatic nitrogens is 2. The van der Waals surface area contributed by atoms with E-state index in [1.165, 1.54) is 0 Å². The van der Waals surface area contributed by atoms with Crippen molar-refractivity contribution >= 4 is 17.3 Å². The molecule has 35 heavy (non-hydrogen) atoms. The van der Waals surface area contributed by atoms with Gasteiger partial charge < -0.3 is 10.1 Å². The van der Waals surface area contributed by atoms with Gasteiger partial charge in [-0.05, 0) is 36.2 Å². The number of anilines is 1. The minimum Gasteiger partial charge on any atom is -0.496 e. The molecular weight excluding hydrogens is 438 g/mol. The van der Waals surface area contributed by atoms with E-state index in [-0.39, 0.29) is 5.91 Å². The zero-order valence-corrected chi connectivity index (χ0v) is 19.6. The highest BCUT2D eigenvalue weighted by molar-refractivity contribution is 6.48. The second-order valence-corrected chi connectivity index (χ2v) is 7.93. The van der Waals surface area contributed by atoms with Crippen LogP contribution in [0.4, 0.5) is 5.69 Å². The van der Waals surface area contributed by atoms with Crippen LogP contribution in [0, 0.1) is 11.3 Å². The summed E-state index contributed by atoms with van der Waals surface area (Å²) in [6.45, 7) is 0.437. The van der Waals surface area contributed by atoms with E-state index in [2.05, 4.69) is 21.5 Å². The molecule has 174 valence electrons. The van der Waals surface area contributed by atoms with Crippen LogP contribution in [0.3, 0.4) is 0 Å². The molecule has 1 heterocycles. The lowest BCUT2D eigenvalue weighted by molar-refractivity contribution is -0.110. The molecule has 7 nitrogen and oxygen atoms in total.